The molecule has 3 N–H and O–H groups in total. The van der Waals surface area contributed by atoms with Crippen molar-refractivity contribution in [3.63, 3.8) is 0 Å². The summed E-state index contributed by atoms with van der Waals surface area (Å²) >= 11 is 0. The molecule has 0 bridgehead atoms. The molecule has 0 radical (unpaired) electrons. The Hall–Kier alpha value is -0.0800. The summed E-state index contributed by atoms with van der Waals surface area (Å²) in [5.74, 6) is 6.25. The normalized spacial score (nSPS) is 15.7. The minimum atomic E-state index is 0.520. The monoisotopic (exact) mass is 186 g/mol. The number of unbranched alkanes of at least 4 members (excludes halogenated alkanes) is 2. The molecule has 0 saturated carbocycles. The van der Waals surface area contributed by atoms with E-state index in [9.17, 15) is 0 Å². The molecule has 13 heavy (non-hydrogen) atoms. The predicted octanol–water partition coefficient (Wildman–Crippen LogP) is 2.83. The van der Waals surface area contributed by atoms with Gasteiger partial charge in [-0.05, 0) is 18.8 Å². The summed E-state index contributed by atoms with van der Waals surface area (Å²) in [7, 11) is 0. The van der Waals surface area contributed by atoms with E-state index in [1.807, 2.05) is 0 Å². The van der Waals surface area contributed by atoms with Gasteiger partial charge in [-0.25, -0.2) is 0 Å². The van der Waals surface area contributed by atoms with Crippen molar-refractivity contribution in [2.24, 2.45) is 11.8 Å². The first kappa shape index (κ1) is 12.9. The van der Waals surface area contributed by atoms with Gasteiger partial charge in [-0.2, -0.15) is 0 Å². The lowest BCUT2D eigenvalue weighted by molar-refractivity contribution is 0.332. The van der Waals surface area contributed by atoms with Gasteiger partial charge in [0.1, 0.15) is 0 Å². The number of rotatable bonds is 8. The first-order valence-electron chi connectivity index (χ1n) is 5.72. The summed E-state index contributed by atoms with van der Waals surface area (Å²) in [6.07, 6.45) is 7.69. The van der Waals surface area contributed by atoms with E-state index in [0.29, 0.717) is 12.0 Å². The van der Waals surface area contributed by atoms with Gasteiger partial charge >= 0.3 is 0 Å². The van der Waals surface area contributed by atoms with Crippen molar-refractivity contribution >= 4 is 0 Å². The van der Waals surface area contributed by atoms with E-state index in [-0.39, 0.29) is 0 Å². The van der Waals surface area contributed by atoms with Gasteiger partial charge in [-0.15, -0.1) is 0 Å². The molecule has 0 aromatic rings. The van der Waals surface area contributed by atoms with Gasteiger partial charge < -0.3 is 0 Å². The average Bonchev–Trinajstić information content (AvgIpc) is 2.13. The number of hydrazine groups is 1. The number of nitrogens with one attached hydrogen (secondary N) is 1. The first-order chi connectivity index (χ1) is 6.26. The van der Waals surface area contributed by atoms with Crippen LogP contribution in [0.25, 0.3) is 0 Å². The lowest BCUT2D eigenvalue weighted by Gasteiger charge is -2.22. The van der Waals surface area contributed by atoms with Crippen molar-refractivity contribution < 1.29 is 0 Å². The quantitative estimate of drug-likeness (QED) is 0.347. The highest BCUT2D eigenvalue weighted by Gasteiger charge is 2.13. The Labute approximate surface area is 83.2 Å². The fraction of sp³-hybridized carbons (Fsp3) is 1.00. The summed E-state index contributed by atoms with van der Waals surface area (Å²) in [6.45, 7) is 6.76. The Morgan fingerprint density at radius 3 is 2.23 bits per heavy atom. The summed E-state index contributed by atoms with van der Waals surface area (Å²) in [5, 5.41) is 0. The first-order valence-corrected chi connectivity index (χ1v) is 5.72. The van der Waals surface area contributed by atoms with Crippen LogP contribution >= 0.6 is 0 Å². The second-order valence-electron chi connectivity index (χ2n) is 4.03. The molecule has 2 nitrogen and oxygen atoms in total. The SMILES string of the molecule is CCCCCC(NN)C(C)CCC. The second kappa shape index (κ2) is 8.52. The van der Waals surface area contributed by atoms with Gasteiger partial charge in [0.15, 0.2) is 0 Å². The molecule has 2 heteroatoms. The van der Waals surface area contributed by atoms with Crippen LogP contribution in [0.5, 0.6) is 0 Å². The predicted molar refractivity (Wildman–Crippen MR) is 59.3 cm³/mol. The van der Waals surface area contributed by atoms with Crippen molar-refractivity contribution in [3.05, 3.63) is 0 Å². The molecule has 0 saturated heterocycles. The van der Waals surface area contributed by atoms with Crippen LogP contribution in [0.2, 0.25) is 0 Å². The van der Waals surface area contributed by atoms with Gasteiger partial charge in [0.2, 0.25) is 0 Å². The molecule has 0 aromatic heterocycles. The molecule has 0 heterocycles. The third-order valence-electron chi connectivity index (χ3n) is 2.76. The average molecular weight is 186 g/mol. The van der Waals surface area contributed by atoms with Crippen LogP contribution in [-0.4, -0.2) is 6.04 Å². The van der Waals surface area contributed by atoms with Crippen LogP contribution < -0.4 is 11.3 Å². The van der Waals surface area contributed by atoms with E-state index in [2.05, 4.69) is 26.2 Å². The largest absolute Gasteiger partial charge is 0.271 e. The van der Waals surface area contributed by atoms with Crippen LogP contribution in [-0.2, 0) is 0 Å². The van der Waals surface area contributed by atoms with E-state index in [0.717, 1.165) is 0 Å². The number of nitrogens with two attached hydrogens (primary N) is 1. The van der Waals surface area contributed by atoms with Crippen molar-refractivity contribution in [1.82, 2.24) is 5.43 Å². The van der Waals surface area contributed by atoms with E-state index >= 15 is 0 Å². The van der Waals surface area contributed by atoms with Crippen molar-refractivity contribution in [2.45, 2.75) is 65.3 Å². The molecular formula is C11H26N2. The Morgan fingerprint density at radius 2 is 1.77 bits per heavy atom. The topological polar surface area (TPSA) is 38.0 Å². The van der Waals surface area contributed by atoms with E-state index in [1.165, 1.54) is 38.5 Å². The molecule has 0 aromatic carbocycles. The third-order valence-corrected chi connectivity index (χ3v) is 2.76. The summed E-state index contributed by atoms with van der Waals surface area (Å²) < 4.78 is 0. The van der Waals surface area contributed by atoms with Crippen LogP contribution in [0.15, 0.2) is 0 Å². The zero-order valence-corrected chi connectivity index (χ0v) is 9.47. The molecule has 2 atom stereocenters. The summed E-state index contributed by atoms with van der Waals surface area (Å²) in [4.78, 5) is 0. The Bertz CT molecular complexity index is 104. The molecule has 0 aliphatic heterocycles. The van der Waals surface area contributed by atoms with Crippen LogP contribution in [0.4, 0.5) is 0 Å². The molecule has 80 valence electrons. The Kier molecular flexibility index (Phi) is 8.46. The van der Waals surface area contributed by atoms with E-state index in [1.54, 1.807) is 0 Å². The highest BCUT2D eigenvalue weighted by Crippen LogP contribution is 2.15. The highest BCUT2D eigenvalue weighted by molar-refractivity contribution is 4.70. The second-order valence-corrected chi connectivity index (χ2v) is 4.03. The summed E-state index contributed by atoms with van der Waals surface area (Å²) in [5.41, 5.74) is 2.95. The molecule has 0 aliphatic carbocycles. The molecule has 0 spiro atoms. The maximum absolute atomic E-state index is 5.54. The van der Waals surface area contributed by atoms with E-state index < -0.39 is 0 Å². The van der Waals surface area contributed by atoms with Crippen LogP contribution in [0.3, 0.4) is 0 Å². The number of hydrogen-bond donors (Lipinski definition) is 2. The lowest BCUT2D eigenvalue weighted by atomic mass is 9.93. The number of hydrogen-bond acceptors (Lipinski definition) is 2. The zero-order chi connectivity index (χ0) is 10.1. The van der Waals surface area contributed by atoms with Crippen molar-refractivity contribution in [2.75, 3.05) is 0 Å². The molecule has 0 amide bonds. The Balaban J connectivity index is 3.60. The maximum Gasteiger partial charge on any atom is 0.0236 e. The minimum absolute atomic E-state index is 0.520. The molecule has 2 unspecified atom stereocenters. The van der Waals surface area contributed by atoms with Gasteiger partial charge in [0.05, 0.1) is 0 Å². The highest BCUT2D eigenvalue weighted by atomic mass is 15.2. The van der Waals surface area contributed by atoms with Gasteiger partial charge in [0.25, 0.3) is 0 Å². The molecule has 0 fully saturated rings. The standard InChI is InChI=1S/C11H26N2/c1-4-6-7-9-11(13-12)10(3)8-5-2/h10-11,13H,4-9,12H2,1-3H3. The summed E-state index contributed by atoms with van der Waals surface area (Å²) in [6, 6.07) is 0.520. The van der Waals surface area contributed by atoms with Gasteiger partial charge in [-0.1, -0.05) is 46.5 Å². The fourth-order valence-corrected chi connectivity index (χ4v) is 1.80. The third kappa shape index (κ3) is 6.05. The molecular weight excluding hydrogens is 160 g/mol. The van der Waals surface area contributed by atoms with Gasteiger partial charge in [0, 0.05) is 6.04 Å². The fourth-order valence-electron chi connectivity index (χ4n) is 1.80. The van der Waals surface area contributed by atoms with E-state index in [4.69, 9.17) is 5.84 Å². The van der Waals surface area contributed by atoms with Crippen LogP contribution in [0, 0.1) is 5.92 Å². The van der Waals surface area contributed by atoms with Crippen molar-refractivity contribution in [3.8, 4) is 0 Å². The molecule has 0 aliphatic rings. The smallest absolute Gasteiger partial charge is 0.0236 e. The lowest BCUT2D eigenvalue weighted by Crippen LogP contribution is -2.39. The van der Waals surface area contributed by atoms with Gasteiger partial charge in [-0.3, -0.25) is 11.3 Å². The van der Waals surface area contributed by atoms with Crippen molar-refractivity contribution in [1.29, 1.82) is 0 Å². The zero-order valence-electron chi connectivity index (χ0n) is 9.47. The minimum Gasteiger partial charge on any atom is -0.271 e. The maximum atomic E-state index is 5.54. The van der Waals surface area contributed by atoms with Crippen LogP contribution in [0.1, 0.15) is 59.3 Å². The molecule has 0 rings (SSSR count). The Morgan fingerprint density at radius 1 is 1.08 bits per heavy atom.